The first-order valence-corrected chi connectivity index (χ1v) is 15.2. The van der Waals surface area contributed by atoms with E-state index >= 15 is 0 Å². The Kier molecular flexibility index (Phi) is 16.2. The minimum Gasteiger partial charge on any atom is -0.494 e. The molecule has 2 atom stereocenters. The molecule has 1 aromatic rings. The number of halogens is 1. The highest BCUT2D eigenvalue weighted by atomic mass is 32.2. The predicted octanol–water partition coefficient (Wildman–Crippen LogP) is 7.92. The van der Waals surface area contributed by atoms with Gasteiger partial charge in [0.15, 0.2) is 11.6 Å². The number of amides is 1. The maximum atomic E-state index is 13.6. The fourth-order valence-electron chi connectivity index (χ4n) is 4.66. The van der Waals surface area contributed by atoms with Gasteiger partial charge in [-0.2, -0.15) is 0 Å². The predicted molar refractivity (Wildman–Crippen MR) is 148 cm³/mol. The number of benzene rings is 1. The molecule has 0 spiro atoms. The van der Waals surface area contributed by atoms with Crippen LogP contribution in [0.5, 0.6) is 5.75 Å². The monoisotopic (exact) mass is 508 g/mol. The Morgan fingerprint density at radius 1 is 0.943 bits per heavy atom. The molecule has 1 unspecified atom stereocenters. The lowest BCUT2D eigenvalue weighted by Gasteiger charge is -2.15. The van der Waals surface area contributed by atoms with Crippen molar-refractivity contribution in [2.45, 2.75) is 121 Å². The van der Waals surface area contributed by atoms with E-state index in [1.165, 1.54) is 109 Å². The van der Waals surface area contributed by atoms with E-state index in [-0.39, 0.29) is 28.9 Å². The molecule has 1 aliphatic rings. The average Bonchev–Trinajstić information content (AvgIpc) is 3.36. The second-order valence-corrected chi connectivity index (χ2v) is 11.1. The zero-order chi connectivity index (χ0) is 25.1. The molecule has 1 aliphatic heterocycles. The van der Waals surface area contributed by atoms with Crippen LogP contribution in [0.1, 0.15) is 121 Å². The molecule has 0 bridgehead atoms. The molecule has 1 fully saturated rings. The van der Waals surface area contributed by atoms with Crippen LogP contribution in [-0.4, -0.2) is 31.4 Å². The highest BCUT2D eigenvalue weighted by Gasteiger charge is 2.30. The molecular weight excluding hydrogens is 459 g/mol. The largest absolute Gasteiger partial charge is 0.494 e. The van der Waals surface area contributed by atoms with Gasteiger partial charge in [0, 0.05) is 12.3 Å². The second kappa shape index (κ2) is 18.9. The minimum absolute atomic E-state index is 0.0178. The van der Waals surface area contributed by atoms with Crippen molar-refractivity contribution in [3.8, 4) is 5.75 Å². The van der Waals surface area contributed by atoms with Crippen molar-refractivity contribution in [1.29, 1.82) is 0 Å². The van der Waals surface area contributed by atoms with Gasteiger partial charge in [0.05, 0.1) is 18.5 Å². The number of thioether (sulfide) groups is 1. The summed E-state index contributed by atoms with van der Waals surface area (Å²) in [6.45, 7) is 3.02. The summed E-state index contributed by atoms with van der Waals surface area (Å²) in [5, 5.41) is 6.42. The number of rotatable bonds is 20. The fraction of sp³-hybridized carbons (Fsp3) is 0.759. The first kappa shape index (κ1) is 30.0. The van der Waals surface area contributed by atoms with Crippen molar-refractivity contribution < 1.29 is 13.9 Å². The van der Waals surface area contributed by atoms with Gasteiger partial charge in [0.1, 0.15) is 0 Å². The smallest absolute Gasteiger partial charge is 0.238 e. The number of unbranched alkanes of at least 4 members (excludes halogenated alkanes) is 15. The lowest BCUT2D eigenvalue weighted by Crippen LogP contribution is -2.42. The van der Waals surface area contributed by atoms with E-state index in [4.69, 9.17) is 4.74 Å². The molecular formula is C29H49FN2O2S. The van der Waals surface area contributed by atoms with Crippen molar-refractivity contribution in [2.24, 2.45) is 0 Å². The zero-order valence-corrected chi connectivity index (χ0v) is 23.0. The topological polar surface area (TPSA) is 50.4 Å². The first-order chi connectivity index (χ1) is 17.2. The molecule has 1 amide bonds. The lowest BCUT2D eigenvalue weighted by molar-refractivity contribution is -0.122. The van der Waals surface area contributed by atoms with Crippen molar-refractivity contribution >= 4 is 17.7 Å². The number of carbonyl (C=O) groups is 1. The van der Waals surface area contributed by atoms with Crippen LogP contribution in [0.15, 0.2) is 18.2 Å². The maximum absolute atomic E-state index is 13.6. The van der Waals surface area contributed by atoms with Crippen LogP contribution in [0.4, 0.5) is 4.39 Å². The summed E-state index contributed by atoms with van der Waals surface area (Å²) in [5.41, 5.74) is 0.932. The zero-order valence-electron chi connectivity index (χ0n) is 22.2. The highest BCUT2D eigenvalue weighted by Crippen LogP contribution is 2.35. The molecule has 1 aromatic carbocycles. The van der Waals surface area contributed by atoms with Crippen molar-refractivity contribution in [2.75, 3.05) is 19.4 Å². The van der Waals surface area contributed by atoms with Crippen LogP contribution in [0, 0.1) is 5.82 Å². The van der Waals surface area contributed by atoms with Gasteiger partial charge >= 0.3 is 0 Å². The Hall–Kier alpha value is -1.27. The second-order valence-electron chi connectivity index (χ2n) is 9.92. The van der Waals surface area contributed by atoms with Gasteiger partial charge in [-0.3, -0.25) is 10.1 Å². The van der Waals surface area contributed by atoms with Crippen LogP contribution in [0.2, 0.25) is 0 Å². The number of carbonyl (C=O) groups excluding carboxylic acids is 1. The van der Waals surface area contributed by atoms with Gasteiger partial charge in [0.25, 0.3) is 0 Å². The minimum atomic E-state index is -0.368. The molecule has 0 aliphatic carbocycles. The van der Waals surface area contributed by atoms with Crippen molar-refractivity contribution in [1.82, 2.24) is 10.6 Å². The van der Waals surface area contributed by atoms with Crippen LogP contribution >= 0.6 is 11.8 Å². The van der Waals surface area contributed by atoms with Gasteiger partial charge in [-0.05, 0) is 24.1 Å². The molecule has 35 heavy (non-hydrogen) atoms. The van der Waals surface area contributed by atoms with Gasteiger partial charge < -0.3 is 10.1 Å². The SMILES string of the molecule is CCCCCCCCCCCCCCCCCCNC(=O)[C@H]1CSC(c2ccc(F)c(OC)c2)N1. The summed E-state index contributed by atoms with van der Waals surface area (Å²) < 4.78 is 18.7. The number of hydrogen-bond acceptors (Lipinski definition) is 4. The third kappa shape index (κ3) is 12.5. The third-order valence-corrected chi connectivity index (χ3v) is 8.17. The third-order valence-electron chi connectivity index (χ3n) is 6.91. The molecule has 2 rings (SSSR count). The molecule has 0 aromatic heterocycles. The summed E-state index contributed by atoms with van der Waals surface area (Å²) in [5.74, 6) is 0.651. The van der Waals surface area contributed by atoms with Crippen LogP contribution in [0.3, 0.4) is 0 Å². The summed E-state index contributed by atoms with van der Waals surface area (Å²) in [7, 11) is 1.46. The molecule has 6 heteroatoms. The van der Waals surface area contributed by atoms with E-state index in [9.17, 15) is 9.18 Å². The molecule has 2 N–H and O–H groups in total. The van der Waals surface area contributed by atoms with Gasteiger partial charge in [0.2, 0.25) is 5.91 Å². The molecule has 200 valence electrons. The molecule has 1 heterocycles. The first-order valence-electron chi connectivity index (χ1n) is 14.1. The van der Waals surface area contributed by atoms with E-state index in [0.717, 1.165) is 24.3 Å². The van der Waals surface area contributed by atoms with Crippen LogP contribution < -0.4 is 15.4 Å². The number of nitrogens with one attached hydrogen (secondary N) is 2. The number of hydrogen-bond donors (Lipinski definition) is 2. The Balaban J connectivity index is 1.40. The van der Waals surface area contributed by atoms with E-state index in [1.807, 2.05) is 0 Å². The van der Waals surface area contributed by atoms with Crippen molar-refractivity contribution in [3.05, 3.63) is 29.6 Å². The van der Waals surface area contributed by atoms with Gasteiger partial charge in [-0.15, -0.1) is 11.8 Å². The number of ether oxygens (including phenoxy) is 1. The summed E-state index contributed by atoms with van der Waals surface area (Å²) in [6, 6.07) is 4.67. The molecule has 4 nitrogen and oxygen atoms in total. The Labute approximate surface area is 217 Å². The Morgan fingerprint density at radius 2 is 1.49 bits per heavy atom. The fourth-order valence-corrected chi connectivity index (χ4v) is 5.89. The lowest BCUT2D eigenvalue weighted by atomic mass is 10.0. The molecule has 0 saturated carbocycles. The van der Waals surface area contributed by atoms with Gasteiger partial charge in [-0.25, -0.2) is 4.39 Å². The molecule has 0 radical (unpaired) electrons. The van der Waals surface area contributed by atoms with E-state index in [2.05, 4.69) is 17.6 Å². The summed E-state index contributed by atoms with van der Waals surface area (Å²) in [6.07, 6.45) is 21.6. The van der Waals surface area contributed by atoms with E-state index in [0.29, 0.717) is 0 Å². The van der Waals surface area contributed by atoms with E-state index in [1.54, 1.807) is 23.9 Å². The molecule has 1 saturated heterocycles. The van der Waals surface area contributed by atoms with Gasteiger partial charge in [-0.1, -0.05) is 109 Å². The van der Waals surface area contributed by atoms with Crippen LogP contribution in [0.25, 0.3) is 0 Å². The average molecular weight is 509 g/mol. The highest BCUT2D eigenvalue weighted by molar-refractivity contribution is 7.99. The Bertz CT molecular complexity index is 703. The summed E-state index contributed by atoms with van der Waals surface area (Å²) >= 11 is 1.67. The normalized spacial score (nSPS) is 17.6. The quantitative estimate of drug-likeness (QED) is 0.176. The number of methoxy groups -OCH3 is 1. The maximum Gasteiger partial charge on any atom is 0.238 e. The Morgan fingerprint density at radius 3 is 2.03 bits per heavy atom. The van der Waals surface area contributed by atoms with E-state index < -0.39 is 0 Å². The summed E-state index contributed by atoms with van der Waals surface area (Å²) in [4.78, 5) is 12.5. The standard InChI is InChI=1S/C29H49FN2O2S/c1-3-4-5-6-7-8-9-10-11-12-13-14-15-16-17-18-21-31-28(33)26-23-35-29(32-26)24-19-20-25(30)27(22-24)34-2/h19-20,22,26,29,32H,3-18,21,23H2,1-2H3,(H,31,33)/t26-,29?/m1/s1. The van der Waals surface area contributed by atoms with Crippen LogP contribution in [-0.2, 0) is 4.79 Å². The van der Waals surface area contributed by atoms with Crippen molar-refractivity contribution in [3.63, 3.8) is 0 Å².